The largest absolute Gasteiger partial charge is 0.371 e. The van der Waals surface area contributed by atoms with Gasteiger partial charge in [-0.1, -0.05) is 0 Å². The summed E-state index contributed by atoms with van der Waals surface area (Å²) in [5.41, 5.74) is 1.10. The van der Waals surface area contributed by atoms with Gasteiger partial charge in [-0.05, 0) is 43.0 Å². The van der Waals surface area contributed by atoms with Gasteiger partial charge in [0.15, 0.2) is 9.84 Å². The average molecular weight is 288 g/mol. The van der Waals surface area contributed by atoms with Crippen LogP contribution in [0.25, 0.3) is 0 Å². The van der Waals surface area contributed by atoms with Crippen LogP contribution in [0.1, 0.15) is 12.8 Å². The van der Waals surface area contributed by atoms with Gasteiger partial charge in [-0.25, -0.2) is 8.42 Å². The lowest BCUT2D eigenvalue weighted by Gasteiger charge is -2.18. The van der Waals surface area contributed by atoms with Gasteiger partial charge in [0.25, 0.3) is 0 Å². The number of rotatable bonds is 4. The second kappa shape index (κ2) is 5.49. The molecule has 5 heteroatoms. The molecule has 1 fully saturated rings. The summed E-state index contributed by atoms with van der Waals surface area (Å²) in [6, 6.07) is 7.14. The SMILES string of the molecule is CS(=O)(=O)c1ccc(N2CCC(CCCl)C2)cc1. The Balaban J connectivity index is 2.07. The maximum atomic E-state index is 11.4. The second-order valence-corrected chi connectivity index (χ2v) is 7.24. The van der Waals surface area contributed by atoms with E-state index in [9.17, 15) is 8.42 Å². The third kappa shape index (κ3) is 3.18. The van der Waals surface area contributed by atoms with Crippen molar-refractivity contribution in [2.24, 2.45) is 5.92 Å². The Morgan fingerprint density at radius 1 is 1.33 bits per heavy atom. The first-order valence-electron chi connectivity index (χ1n) is 6.12. The Bertz CT molecular complexity index is 498. The van der Waals surface area contributed by atoms with E-state index < -0.39 is 9.84 Å². The highest BCUT2D eigenvalue weighted by molar-refractivity contribution is 7.90. The zero-order chi connectivity index (χ0) is 13.2. The zero-order valence-electron chi connectivity index (χ0n) is 10.5. The minimum atomic E-state index is -3.10. The molecular formula is C13H18ClNO2S. The normalized spacial score (nSPS) is 20.3. The lowest BCUT2D eigenvalue weighted by molar-refractivity contribution is 0.572. The van der Waals surface area contributed by atoms with Crippen LogP contribution in [0.5, 0.6) is 0 Å². The molecule has 2 rings (SSSR count). The van der Waals surface area contributed by atoms with Crippen LogP contribution in [0.4, 0.5) is 5.69 Å². The molecule has 3 nitrogen and oxygen atoms in total. The highest BCUT2D eigenvalue weighted by atomic mass is 35.5. The summed E-state index contributed by atoms with van der Waals surface area (Å²) in [5.74, 6) is 1.38. The lowest BCUT2D eigenvalue weighted by Crippen LogP contribution is -2.19. The van der Waals surface area contributed by atoms with Crippen molar-refractivity contribution in [3.05, 3.63) is 24.3 Å². The molecule has 1 aliphatic heterocycles. The molecule has 0 amide bonds. The van der Waals surface area contributed by atoms with Crippen molar-refractivity contribution in [3.8, 4) is 0 Å². The molecular weight excluding hydrogens is 270 g/mol. The molecule has 0 aliphatic carbocycles. The zero-order valence-corrected chi connectivity index (χ0v) is 12.0. The summed E-state index contributed by atoms with van der Waals surface area (Å²) in [6.07, 6.45) is 3.45. The smallest absolute Gasteiger partial charge is 0.175 e. The van der Waals surface area contributed by atoms with Gasteiger partial charge < -0.3 is 4.90 Å². The first-order chi connectivity index (χ1) is 8.50. The Morgan fingerprint density at radius 2 is 2.00 bits per heavy atom. The van der Waals surface area contributed by atoms with Crippen molar-refractivity contribution in [1.82, 2.24) is 0 Å². The van der Waals surface area contributed by atoms with Crippen molar-refractivity contribution in [1.29, 1.82) is 0 Å². The van der Waals surface area contributed by atoms with E-state index in [4.69, 9.17) is 11.6 Å². The van der Waals surface area contributed by atoms with E-state index in [2.05, 4.69) is 4.90 Å². The average Bonchev–Trinajstić information content (AvgIpc) is 2.77. The fraction of sp³-hybridized carbons (Fsp3) is 0.538. The summed E-state index contributed by atoms with van der Waals surface area (Å²) in [5, 5.41) is 0. The lowest BCUT2D eigenvalue weighted by atomic mass is 10.1. The fourth-order valence-electron chi connectivity index (χ4n) is 2.36. The van der Waals surface area contributed by atoms with Crippen molar-refractivity contribution < 1.29 is 8.42 Å². The third-order valence-corrected chi connectivity index (χ3v) is 4.78. The number of hydrogen-bond acceptors (Lipinski definition) is 3. The Hall–Kier alpha value is -0.740. The van der Waals surface area contributed by atoms with Crippen molar-refractivity contribution >= 4 is 27.1 Å². The van der Waals surface area contributed by atoms with Gasteiger partial charge >= 0.3 is 0 Å². The molecule has 1 aromatic rings. The minimum absolute atomic E-state index is 0.378. The fourth-order valence-corrected chi connectivity index (χ4v) is 3.30. The molecule has 1 heterocycles. The minimum Gasteiger partial charge on any atom is -0.371 e. The predicted octanol–water partition coefficient (Wildman–Crippen LogP) is 2.55. The van der Waals surface area contributed by atoms with E-state index in [0.717, 1.165) is 25.2 Å². The van der Waals surface area contributed by atoms with Crippen LogP contribution < -0.4 is 4.90 Å². The van der Waals surface area contributed by atoms with Gasteiger partial charge in [0.2, 0.25) is 0 Å². The number of halogens is 1. The Morgan fingerprint density at radius 3 is 2.56 bits per heavy atom. The first kappa shape index (κ1) is 13.7. The molecule has 1 aliphatic rings. The summed E-state index contributed by atoms with van der Waals surface area (Å²) in [6.45, 7) is 2.05. The molecule has 1 atom stereocenters. The molecule has 18 heavy (non-hydrogen) atoms. The highest BCUT2D eigenvalue weighted by Crippen LogP contribution is 2.26. The maximum absolute atomic E-state index is 11.4. The molecule has 0 bridgehead atoms. The second-order valence-electron chi connectivity index (χ2n) is 4.84. The highest BCUT2D eigenvalue weighted by Gasteiger charge is 2.22. The summed E-state index contributed by atoms with van der Waals surface area (Å²) >= 11 is 5.76. The Kier molecular flexibility index (Phi) is 4.17. The van der Waals surface area contributed by atoms with Gasteiger partial charge in [0.05, 0.1) is 4.90 Å². The number of nitrogens with zero attached hydrogens (tertiary/aromatic N) is 1. The van der Waals surface area contributed by atoms with Gasteiger partial charge in [0, 0.05) is 30.9 Å². The molecule has 0 N–H and O–H groups in total. The number of benzene rings is 1. The van der Waals surface area contributed by atoms with Crippen LogP contribution in [0, 0.1) is 5.92 Å². The van der Waals surface area contributed by atoms with E-state index in [-0.39, 0.29) is 0 Å². The number of anilines is 1. The Labute approximate surface area is 114 Å². The maximum Gasteiger partial charge on any atom is 0.175 e. The van der Waals surface area contributed by atoms with E-state index in [0.29, 0.717) is 16.7 Å². The van der Waals surface area contributed by atoms with Crippen LogP contribution in [0.15, 0.2) is 29.2 Å². The van der Waals surface area contributed by atoms with Gasteiger partial charge in [-0.2, -0.15) is 0 Å². The van der Waals surface area contributed by atoms with Crippen LogP contribution in [-0.2, 0) is 9.84 Å². The van der Waals surface area contributed by atoms with Crippen LogP contribution in [0.2, 0.25) is 0 Å². The van der Waals surface area contributed by atoms with Gasteiger partial charge in [-0.3, -0.25) is 0 Å². The molecule has 0 radical (unpaired) electrons. The van der Waals surface area contributed by atoms with E-state index in [1.54, 1.807) is 12.1 Å². The van der Waals surface area contributed by atoms with Crippen molar-refractivity contribution in [2.45, 2.75) is 17.7 Å². The summed E-state index contributed by atoms with van der Waals surface area (Å²) in [7, 11) is -3.10. The van der Waals surface area contributed by atoms with E-state index in [1.165, 1.54) is 12.7 Å². The molecule has 1 unspecified atom stereocenters. The molecule has 0 aromatic heterocycles. The summed E-state index contributed by atoms with van der Waals surface area (Å²) in [4.78, 5) is 2.67. The first-order valence-corrected chi connectivity index (χ1v) is 8.54. The molecule has 0 saturated carbocycles. The quantitative estimate of drug-likeness (QED) is 0.799. The van der Waals surface area contributed by atoms with Crippen molar-refractivity contribution in [2.75, 3.05) is 30.1 Å². The predicted molar refractivity (Wildman–Crippen MR) is 75.2 cm³/mol. The van der Waals surface area contributed by atoms with Gasteiger partial charge in [-0.15, -0.1) is 11.6 Å². The monoisotopic (exact) mass is 287 g/mol. The molecule has 0 spiro atoms. The number of alkyl halides is 1. The molecule has 100 valence electrons. The van der Waals surface area contributed by atoms with E-state index in [1.807, 2.05) is 12.1 Å². The van der Waals surface area contributed by atoms with Crippen LogP contribution in [-0.4, -0.2) is 33.6 Å². The van der Waals surface area contributed by atoms with Crippen LogP contribution >= 0.6 is 11.6 Å². The van der Waals surface area contributed by atoms with Crippen molar-refractivity contribution in [3.63, 3.8) is 0 Å². The van der Waals surface area contributed by atoms with E-state index >= 15 is 0 Å². The van der Waals surface area contributed by atoms with Crippen LogP contribution in [0.3, 0.4) is 0 Å². The topological polar surface area (TPSA) is 37.4 Å². The standard InChI is InChI=1S/C13H18ClNO2S/c1-18(16,17)13-4-2-12(3-5-13)15-9-7-11(10-15)6-8-14/h2-5,11H,6-10H2,1H3. The van der Waals surface area contributed by atoms with Gasteiger partial charge in [0.1, 0.15) is 0 Å². The number of hydrogen-bond donors (Lipinski definition) is 0. The number of sulfone groups is 1. The molecule has 1 saturated heterocycles. The third-order valence-electron chi connectivity index (χ3n) is 3.43. The molecule has 1 aromatic carbocycles. The summed E-state index contributed by atoms with van der Waals surface area (Å²) < 4.78 is 22.7.